The van der Waals surface area contributed by atoms with Crippen molar-refractivity contribution < 1.29 is 28.7 Å². The van der Waals surface area contributed by atoms with Gasteiger partial charge in [0.2, 0.25) is 0 Å². The first kappa shape index (κ1) is 22.4. The van der Waals surface area contributed by atoms with Crippen LogP contribution in [-0.2, 0) is 25.5 Å². The molecule has 0 aliphatic rings. The number of ketones is 1. The van der Waals surface area contributed by atoms with Crippen LogP contribution in [0.2, 0.25) is 0 Å². The fourth-order valence-corrected chi connectivity index (χ4v) is 4.04. The number of carbonyl (C=O) groups excluding carboxylic acids is 4. The Balaban J connectivity index is 2.29. The first-order valence-corrected chi connectivity index (χ1v) is 9.91. The molecule has 2 amide bonds. The Labute approximate surface area is 172 Å². The molecule has 3 N–H and O–H groups in total. The van der Waals surface area contributed by atoms with Crippen molar-refractivity contribution in [1.82, 2.24) is 5.32 Å². The number of ether oxygens (including phenoxy) is 2. The van der Waals surface area contributed by atoms with Gasteiger partial charge in [-0.25, -0.2) is 4.79 Å². The number of rotatable bonds is 9. The molecule has 0 radical (unpaired) electrons. The molecule has 2 aromatic rings. The van der Waals surface area contributed by atoms with E-state index in [1.54, 1.807) is 32.0 Å². The number of esters is 1. The number of Topliss-reactive ketones (excluding diaryl/α,β-unsaturated/α-hetero) is 1. The summed E-state index contributed by atoms with van der Waals surface area (Å²) in [5, 5.41) is 3.04. The highest BCUT2D eigenvalue weighted by Gasteiger charge is 2.26. The minimum atomic E-state index is -1.05. The molecule has 1 heterocycles. The smallest absolute Gasteiger partial charge is 0.328 e. The summed E-state index contributed by atoms with van der Waals surface area (Å²) in [6.45, 7) is 5.06. The van der Waals surface area contributed by atoms with E-state index < -0.39 is 29.6 Å². The molecule has 1 aromatic heterocycles. The third-order valence-corrected chi connectivity index (χ3v) is 5.62. The van der Waals surface area contributed by atoms with Crippen LogP contribution in [0.15, 0.2) is 18.2 Å². The van der Waals surface area contributed by atoms with Crippen LogP contribution >= 0.6 is 11.3 Å². The Morgan fingerprint density at radius 3 is 2.45 bits per heavy atom. The second-order valence-electron chi connectivity index (χ2n) is 6.68. The average molecular weight is 420 g/mol. The number of nitrogens with two attached hydrogens (primary N) is 1. The van der Waals surface area contributed by atoms with Gasteiger partial charge < -0.3 is 20.5 Å². The van der Waals surface area contributed by atoms with Crippen LogP contribution in [0, 0.1) is 5.92 Å². The van der Waals surface area contributed by atoms with Gasteiger partial charge in [0.25, 0.3) is 17.6 Å². The second-order valence-corrected chi connectivity index (χ2v) is 7.81. The summed E-state index contributed by atoms with van der Waals surface area (Å²) in [6, 6.07) is 4.34. The third-order valence-electron chi connectivity index (χ3n) is 4.32. The molecular formula is C20H24N2O6S. The number of methoxy groups -OCH3 is 1. The normalized spacial score (nSPS) is 11.9. The Morgan fingerprint density at radius 1 is 1.21 bits per heavy atom. The van der Waals surface area contributed by atoms with E-state index in [1.807, 2.05) is 6.92 Å². The van der Waals surface area contributed by atoms with Gasteiger partial charge in [0, 0.05) is 15.0 Å². The van der Waals surface area contributed by atoms with E-state index >= 15 is 0 Å². The maximum absolute atomic E-state index is 12.4. The molecule has 0 aliphatic heterocycles. The zero-order valence-electron chi connectivity index (χ0n) is 16.7. The number of thiophene rings is 1. The first-order chi connectivity index (χ1) is 13.7. The van der Waals surface area contributed by atoms with E-state index in [0.717, 1.165) is 9.58 Å². The van der Waals surface area contributed by atoms with Gasteiger partial charge in [-0.1, -0.05) is 26.8 Å². The topological polar surface area (TPSA) is 125 Å². The molecule has 0 fully saturated rings. The van der Waals surface area contributed by atoms with Crippen molar-refractivity contribution in [2.24, 2.45) is 11.7 Å². The largest absolute Gasteiger partial charge is 0.483 e. The lowest BCUT2D eigenvalue weighted by Crippen LogP contribution is -2.46. The van der Waals surface area contributed by atoms with Crippen molar-refractivity contribution in [2.45, 2.75) is 33.2 Å². The van der Waals surface area contributed by atoms with Gasteiger partial charge in [0.05, 0.1) is 12.7 Å². The SMILES string of the molecule is CCc1sc2cccc(OCC(=O)N[C@H](C(=O)OC)C(C)C)c2c1C(=O)C(N)=O. The van der Waals surface area contributed by atoms with E-state index in [9.17, 15) is 19.2 Å². The maximum atomic E-state index is 12.4. The molecule has 9 heteroatoms. The lowest BCUT2D eigenvalue weighted by atomic mass is 10.0. The predicted molar refractivity (Wildman–Crippen MR) is 109 cm³/mol. The van der Waals surface area contributed by atoms with E-state index in [4.69, 9.17) is 15.2 Å². The van der Waals surface area contributed by atoms with Crippen molar-refractivity contribution >= 4 is 45.0 Å². The lowest BCUT2D eigenvalue weighted by Gasteiger charge is -2.20. The standard InChI is InChI=1S/C20H24N2O6S/c1-5-12-16(18(24)19(21)25)15-11(7-6-8-13(15)29-12)28-9-14(23)22-17(10(2)3)20(26)27-4/h6-8,10,17H,5,9H2,1-4H3,(H2,21,25)(H,22,23)/t17-/m0/s1. The van der Waals surface area contributed by atoms with Gasteiger partial charge in [-0.15, -0.1) is 11.3 Å². The van der Waals surface area contributed by atoms with Crippen LogP contribution in [0.5, 0.6) is 5.75 Å². The molecular weight excluding hydrogens is 396 g/mol. The van der Waals surface area contributed by atoms with Crippen molar-refractivity contribution in [3.63, 3.8) is 0 Å². The summed E-state index contributed by atoms with van der Waals surface area (Å²) in [6.07, 6.45) is 0.544. The second kappa shape index (κ2) is 9.51. The minimum Gasteiger partial charge on any atom is -0.483 e. The Kier molecular flexibility index (Phi) is 7.33. The third kappa shape index (κ3) is 4.92. The van der Waals surface area contributed by atoms with E-state index in [1.165, 1.54) is 18.4 Å². The van der Waals surface area contributed by atoms with Gasteiger partial charge in [0.1, 0.15) is 11.8 Å². The van der Waals surface area contributed by atoms with E-state index in [2.05, 4.69) is 5.32 Å². The van der Waals surface area contributed by atoms with E-state index in [0.29, 0.717) is 11.8 Å². The highest BCUT2D eigenvalue weighted by atomic mass is 32.1. The fraction of sp³-hybridized carbons (Fsp3) is 0.400. The van der Waals surface area contributed by atoms with Crippen molar-refractivity contribution in [1.29, 1.82) is 0 Å². The summed E-state index contributed by atoms with van der Waals surface area (Å²) in [5.74, 6) is -2.78. The molecule has 0 saturated carbocycles. The average Bonchev–Trinajstić information content (AvgIpc) is 3.08. The molecule has 1 aromatic carbocycles. The highest BCUT2D eigenvalue weighted by molar-refractivity contribution is 7.19. The quantitative estimate of drug-likeness (QED) is 0.362. The molecule has 29 heavy (non-hydrogen) atoms. The minimum absolute atomic E-state index is 0.168. The summed E-state index contributed by atoms with van der Waals surface area (Å²) >= 11 is 1.37. The van der Waals surface area contributed by atoms with Crippen LogP contribution in [0.1, 0.15) is 36.0 Å². The zero-order chi connectivity index (χ0) is 21.7. The molecule has 1 atom stereocenters. The summed E-state index contributed by atoms with van der Waals surface area (Å²) in [7, 11) is 1.25. The molecule has 2 rings (SSSR count). The number of carbonyl (C=O) groups is 4. The van der Waals surface area contributed by atoms with Gasteiger partial charge in [0.15, 0.2) is 6.61 Å². The molecule has 0 unspecified atom stereocenters. The van der Waals surface area contributed by atoms with Crippen LogP contribution in [0.3, 0.4) is 0 Å². The maximum Gasteiger partial charge on any atom is 0.328 e. The number of nitrogens with one attached hydrogen (secondary N) is 1. The number of aryl methyl sites for hydroxylation is 1. The van der Waals surface area contributed by atoms with Crippen molar-refractivity contribution in [3.05, 3.63) is 28.6 Å². The van der Waals surface area contributed by atoms with Gasteiger partial charge in [-0.05, 0) is 24.5 Å². The fourth-order valence-electron chi connectivity index (χ4n) is 2.88. The van der Waals surface area contributed by atoms with E-state index in [-0.39, 0.29) is 23.8 Å². The Morgan fingerprint density at radius 2 is 1.90 bits per heavy atom. The number of fused-ring (bicyclic) bond motifs is 1. The Hall–Kier alpha value is -2.94. The van der Waals surface area contributed by atoms with Gasteiger partial charge >= 0.3 is 5.97 Å². The van der Waals surface area contributed by atoms with Crippen LogP contribution in [0.25, 0.3) is 10.1 Å². The number of hydrogen-bond donors (Lipinski definition) is 2. The number of amides is 2. The van der Waals surface area contributed by atoms with Crippen LogP contribution in [-0.4, -0.2) is 43.3 Å². The predicted octanol–water partition coefficient (Wildman–Crippen LogP) is 1.82. The van der Waals surface area contributed by atoms with Crippen LogP contribution < -0.4 is 15.8 Å². The van der Waals surface area contributed by atoms with Crippen molar-refractivity contribution in [2.75, 3.05) is 13.7 Å². The van der Waals surface area contributed by atoms with Gasteiger partial charge in [-0.3, -0.25) is 14.4 Å². The number of primary amides is 1. The van der Waals surface area contributed by atoms with Crippen molar-refractivity contribution in [3.8, 4) is 5.75 Å². The molecule has 0 aliphatic carbocycles. The summed E-state index contributed by atoms with van der Waals surface area (Å²) in [4.78, 5) is 48.7. The molecule has 0 spiro atoms. The highest BCUT2D eigenvalue weighted by Crippen LogP contribution is 2.38. The summed E-state index contributed by atoms with van der Waals surface area (Å²) < 4.78 is 11.1. The monoisotopic (exact) mass is 420 g/mol. The number of benzene rings is 1. The molecule has 0 saturated heterocycles. The lowest BCUT2D eigenvalue weighted by molar-refractivity contribution is -0.146. The zero-order valence-corrected chi connectivity index (χ0v) is 17.6. The molecule has 8 nitrogen and oxygen atoms in total. The first-order valence-electron chi connectivity index (χ1n) is 9.09. The summed E-state index contributed by atoms with van der Waals surface area (Å²) in [5.41, 5.74) is 5.42. The molecule has 156 valence electrons. The number of hydrogen-bond acceptors (Lipinski definition) is 7. The Bertz CT molecular complexity index is 950. The van der Waals surface area contributed by atoms with Crippen LogP contribution in [0.4, 0.5) is 0 Å². The molecule has 0 bridgehead atoms. The van der Waals surface area contributed by atoms with Gasteiger partial charge in [-0.2, -0.15) is 0 Å².